The summed E-state index contributed by atoms with van der Waals surface area (Å²) in [6.07, 6.45) is -0.239. The van der Waals surface area contributed by atoms with E-state index in [2.05, 4.69) is 4.98 Å². The number of rotatable bonds is 4. The summed E-state index contributed by atoms with van der Waals surface area (Å²) in [6.45, 7) is 0. The van der Waals surface area contributed by atoms with Crippen LogP contribution in [-0.4, -0.2) is 23.2 Å². The minimum atomic E-state index is -0.932. The minimum absolute atomic E-state index is 0.239. The van der Waals surface area contributed by atoms with E-state index in [1.165, 1.54) is 11.3 Å². The summed E-state index contributed by atoms with van der Waals surface area (Å²) in [5.41, 5.74) is 2.09. The third kappa shape index (κ3) is 2.66. The lowest BCUT2D eigenvalue weighted by Gasteiger charge is -2.12. The second-order valence-corrected chi connectivity index (χ2v) is 5.63. The molecule has 1 aromatic heterocycles. The van der Waals surface area contributed by atoms with E-state index in [4.69, 9.17) is 9.84 Å². The number of aromatic carboxylic acids is 1. The number of nitrogens with zero attached hydrogens (tertiary/aromatic N) is 1. The zero-order chi connectivity index (χ0) is 14.8. The van der Waals surface area contributed by atoms with Crippen molar-refractivity contribution in [1.82, 2.24) is 4.98 Å². The maximum Gasteiger partial charge on any atom is 0.335 e. The summed E-state index contributed by atoms with van der Waals surface area (Å²) in [7, 11) is 1.65. The van der Waals surface area contributed by atoms with E-state index in [0.717, 1.165) is 20.8 Å². The summed E-state index contributed by atoms with van der Waals surface area (Å²) in [4.78, 5) is 15.6. The van der Waals surface area contributed by atoms with Crippen molar-refractivity contribution in [1.29, 1.82) is 0 Å². The lowest BCUT2D eigenvalue weighted by molar-refractivity contribution is 0.0697. The molecule has 0 aliphatic carbocycles. The zero-order valence-electron chi connectivity index (χ0n) is 11.3. The zero-order valence-corrected chi connectivity index (χ0v) is 12.1. The largest absolute Gasteiger partial charge is 0.478 e. The van der Waals surface area contributed by atoms with Gasteiger partial charge in [0.25, 0.3) is 0 Å². The van der Waals surface area contributed by atoms with Crippen LogP contribution in [0.15, 0.2) is 48.5 Å². The predicted molar refractivity (Wildman–Crippen MR) is 81.9 cm³/mol. The smallest absolute Gasteiger partial charge is 0.335 e. The molecule has 0 bridgehead atoms. The first-order chi connectivity index (χ1) is 10.2. The van der Waals surface area contributed by atoms with Crippen LogP contribution < -0.4 is 0 Å². The number of hydrogen-bond donors (Lipinski definition) is 1. The number of aromatic nitrogens is 1. The average molecular weight is 299 g/mol. The summed E-state index contributed by atoms with van der Waals surface area (Å²) in [5, 5.41) is 9.86. The maximum absolute atomic E-state index is 11.0. The van der Waals surface area contributed by atoms with Crippen LogP contribution in [0, 0.1) is 0 Å². The quantitative estimate of drug-likeness (QED) is 0.797. The normalized spacial score (nSPS) is 12.4. The van der Waals surface area contributed by atoms with Crippen molar-refractivity contribution in [2.45, 2.75) is 6.10 Å². The monoisotopic (exact) mass is 299 g/mol. The predicted octanol–water partition coefficient (Wildman–Crippen LogP) is 3.73. The van der Waals surface area contributed by atoms with Crippen molar-refractivity contribution < 1.29 is 14.6 Å². The Hall–Kier alpha value is -2.24. The number of methoxy groups -OCH3 is 1. The fourth-order valence-corrected chi connectivity index (χ4v) is 3.31. The van der Waals surface area contributed by atoms with Crippen molar-refractivity contribution >= 4 is 27.5 Å². The molecule has 21 heavy (non-hydrogen) atoms. The molecule has 1 heterocycles. The summed E-state index contributed by atoms with van der Waals surface area (Å²) >= 11 is 1.46. The van der Waals surface area contributed by atoms with E-state index in [0.29, 0.717) is 0 Å². The van der Waals surface area contributed by atoms with Gasteiger partial charge < -0.3 is 9.84 Å². The number of carbonyl (C=O) groups is 1. The molecule has 0 fully saturated rings. The second-order valence-electron chi connectivity index (χ2n) is 4.57. The highest BCUT2D eigenvalue weighted by Crippen LogP contribution is 2.32. The molecule has 0 radical (unpaired) electrons. The molecule has 4 nitrogen and oxygen atoms in total. The van der Waals surface area contributed by atoms with Gasteiger partial charge in [-0.2, -0.15) is 0 Å². The molecule has 0 aliphatic heterocycles. The molecule has 5 heteroatoms. The molecule has 3 aromatic rings. The molecule has 0 amide bonds. The second kappa shape index (κ2) is 5.63. The van der Waals surface area contributed by atoms with Crippen LogP contribution in [-0.2, 0) is 4.74 Å². The number of benzene rings is 2. The first kappa shape index (κ1) is 13.7. The Bertz CT molecular complexity index is 783. The molecule has 2 aromatic carbocycles. The van der Waals surface area contributed by atoms with Crippen molar-refractivity contribution in [2.24, 2.45) is 0 Å². The fraction of sp³-hybridized carbons (Fsp3) is 0.125. The molecule has 1 N–H and O–H groups in total. The van der Waals surface area contributed by atoms with Gasteiger partial charge in [-0.3, -0.25) is 0 Å². The lowest BCUT2D eigenvalue weighted by Crippen LogP contribution is -2.02. The van der Waals surface area contributed by atoms with E-state index in [9.17, 15) is 4.79 Å². The van der Waals surface area contributed by atoms with Gasteiger partial charge in [-0.15, -0.1) is 11.3 Å². The number of thiazole rings is 1. The highest BCUT2D eigenvalue weighted by molar-refractivity contribution is 7.18. The molecule has 3 rings (SSSR count). The van der Waals surface area contributed by atoms with Gasteiger partial charge >= 0.3 is 5.97 Å². The van der Waals surface area contributed by atoms with Gasteiger partial charge in [0.2, 0.25) is 0 Å². The number of carboxylic acids is 1. The Morgan fingerprint density at radius 3 is 2.67 bits per heavy atom. The van der Waals surface area contributed by atoms with Gasteiger partial charge in [-0.05, 0) is 23.8 Å². The highest BCUT2D eigenvalue weighted by Gasteiger charge is 2.18. The molecule has 0 saturated carbocycles. The van der Waals surface area contributed by atoms with Crippen LogP contribution in [0.25, 0.3) is 10.2 Å². The Labute approximate surface area is 125 Å². The van der Waals surface area contributed by atoms with E-state index < -0.39 is 5.97 Å². The van der Waals surface area contributed by atoms with Gasteiger partial charge in [-0.1, -0.05) is 30.3 Å². The van der Waals surface area contributed by atoms with Crippen LogP contribution >= 0.6 is 11.3 Å². The Morgan fingerprint density at radius 2 is 2.00 bits per heavy atom. The molecular formula is C16H13NO3S. The topological polar surface area (TPSA) is 59.4 Å². The van der Waals surface area contributed by atoms with Crippen LogP contribution in [0.3, 0.4) is 0 Å². The molecular weight excluding hydrogens is 286 g/mol. The van der Waals surface area contributed by atoms with E-state index in [-0.39, 0.29) is 11.7 Å². The maximum atomic E-state index is 11.0. The lowest BCUT2D eigenvalue weighted by atomic mass is 10.1. The molecule has 1 atom stereocenters. The van der Waals surface area contributed by atoms with E-state index in [1.54, 1.807) is 25.3 Å². The minimum Gasteiger partial charge on any atom is -0.478 e. The van der Waals surface area contributed by atoms with Crippen LogP contribution in [0.2, 0.25) is 0 Å². The summed E-state index contributed by atoms with van der Waals surface area (Å²) in [5.74, 6) is -0.932. The Balaban J connectivity index is 2.05. The molecule has 1 unspecified atom stereocenters. The number of hydrogen-bond acceptors (Lipinski definition) is 4. The molecule has 106 valence electrons. The van der Waals surface area contributed by atoms with E-state index in [1.807, 2.05) is 30.3 Å². The van der Waals surface area contributed by atoms with Gasteiger partial charge in [0.15, 0.2) is 0 Å². The van der Waals surface area contributed by atoms with Gasteiger partial charge in [-0.25, -0.2) is 9.78 Å². The number of ether oxygens (including phenoxy) is 1. The number of carboxylic acid groups (broad SMARTS) is 1. The third-order valence-electron chi connectivity index (χ3n) is 3.21. The standard InChI is InChI=1S/C16H13NO3S/c1-20-14(10-5-3-2-4-6-10)15-17-12-8-7-11(16(18)19)9-13(12)21-15/h2-9,14H,1H3,(H,18,19). The Kier molecular flexibility index (Phi) is 3.68. The van der Waals surface area contributed by atoms with Gasteiger partial charge in [0.1, 0.15) is 11.1 Å². The Morgan fingerprint density at radius 1 is 1.24 bits per heavy atom. The van der Waals surface area contributed by atoms with Gasteiger partial charge in [0, 0.05) is 7.11 Å². The van der Waals surface area contributed by atoms with Crippen molar-refractivity contribution in [2.75, 3.05) is 7.11 Å². The molecule has 0 saturated heterocycles. The average Bonchev–Trinajstić information content (AvgIpc) is 2.91. The molecule has 0 spiro atoms. The van der Waals surface area contributed by atoms with Crippen LogP contribution in [0.4, 0.5) is 0 Å². The SMILES string of the molecule is COC(c1ccccc1)c1nc2ccc(C(=O)O)cc2s1. The van der Waals surface area contributed by atoms with Crippen molar-refractivity contribution in [3.63, 3.8) is 0 Å². The molecule has 0 aliphatic rings. The first-order valence-electron chi connectivity index (χ1n) is 6.40. The van der Waals surface area contributed by atoms with Crippen LogP contribution in [0.5, 0.6) is 0 Å². The van der Waals surface area contributed by atoms with E-state index >= 15 is 0 Å². The van der Waals surface area contributed by atoms with Crippen molar-refractivity contribution in [3.05, 3.63) is 64.7 Å². The summed E-state index contributed by atoms with van der Waals surface area (Å²) < 4.78 is 6.41. The fourth-order valence-electron chi connectivity index (χ4n) is 2.19. The van der Waals surface area contributed by atoms with Gasteiger partial charge in [0.05, 0.1) is 15.8 Å². The third-order valence-corrected chi connectivity index (χ3v) is 4.28. The van der Waals surface area contributed by atoms with Crippen molar-refractivity contribution in [3.8, 4) is 0 Å². The first-order valence-corrected chi connectivity index (χ1v) is 7.22. The van der Waals surface area contributed by atoms with Crippen LogP contribution in [0.1, 0.15) is 27.0 Å². The number of fused-ring (bicyclic) bond motifs is 1. The summed E-state index contributed by atoms with van der Waals surface area (Å²) in [6, 6.07) is 14.8. The highest BCUT2D eigenvalue weighted by atomic mass is 32.1.